The Labute approximate surface area is 161 Å². The molecule has 0 saturated heterocycles. The van der Waals surface area contributed by atoms with Gasteiger partial charge in [0.1, 0.15) is 0 Å². The summed E-state index contributed by atoms with van der Waals surface area (Å²) in [5.74, 6) is 0. The van der Waals surface area contributed by atoms with Crippen molar-refractivity contribution in [1.82, 2.24) is 4.72 Å². The molecule has 0 unspecified atom stereocenters. The number of hydrogen-bond acceptors (Lipinski definition) is 3. The second kappa shape index (κ2) is 7.48. The minimum absolute atomic E-state index is 0.212. The monoisotopic (exact) mass is 411 g/mol. The Balaban J connectivity index is 1.73. The molecule has 0 fully saturated rings. The largest absolute Gasteiger partial charge is 0.240 e. The van der Waals surface area contributed by atoms with Crippen LogP contribution >= 0.6 is 34.5 Å². The molecule has 3 nitrogen and oxygen atoms in total. The highest BCUT2D eigenvalue weighted by atomic mass is 35.5. The summed E-state index contributed by atoms with van der Waals surface area (Å²) in [6.07, 6.45) is 0. The van der Waals surface area contributed by atoms with E-state index in [2.05, 4.69) is 4.72 Å². The van der Waals surface area contributed by atoms with Gasteiger partial charge in [-0.15, -0.1) is 11.3 Å². The average molecular weight is 412 g/mol. The molecule has 3 aromatic rings. The van der Waals surface area contributed by atoms with Gasteiger partial charge in [0.15, 0.2) is 0 Å². The van der Waals surface area contributed by atoms with E-state index < -0.39 is 10.0 Å². The third-order valence-corrected chi connectivity index (χ3v) is 6.88. The molecule has 25 heavy (non-hydrogen) atoms. The van der Waals surface area contributed by atoms with Crippen molar-refractivity contribution in [2.45, 2.75) is 18.4 Å². The fraction of sp³-hybridized carbons (Fsp3) is 0.111. The molecule has 1 N–H and O–H groups in total. The van der Waals surface area contributed by atoms with Gasteiger partial charge in [-0.3, -0.25) is 0 Å². The summed E-state index contributed by atoms with van der Waals surface area (Å²) in [6.45, 7) is 2.02. The van der Waals surface area contributed by atoms with Gasteiger partial charge in [-0.25, -0.2) is 13.1 Å². The molecular weight excluding hydrogens is 397 g/mol. The number of nitrogens with one attached hydrogen (secondary N) is 1. The minimum Gasteiger partial charge on any atom is -0.207 e. The Hall–Kier alpha value is -1.37. The molecule has 1 aromatic heterocycles. The molecule has 0 radical (unpaired) electrons. The van der Waals surface area contributed by atoms with E-state index in [4.69, 9.17) is 23.2 Å². The molecule has 1 heterocycles. The predicted octanol–water partition coefficient (Wildman–Crippen LogP) is 5.51. The topological polar surface area (TPSA) is 46.2 Å². The first kappa shape index (κ1) is 18.4. The maximum atomic E-state index is 12.4. The summed E-state index contributed by atoms with van der Waals surface area (Å²) in [4.78, 5) is 2.20. The molecule has 0 amide bonds. The number of halogens is 2. The Morgan fingerprint density at radius 2 is 1.72 bits per heavy atom. The van der Waals surface area contributed by atoms with E-state index in [1.165, 1.54) is 6.07 Å². The van der Waals surface area contributed by atoms with Crippen LogP contribution in [0.25, 0.3) is 10.4 Å². The summed E-state index contributed by atoms with van der Waals surface area (Å²) in [6, 6.07) is 16.1. The van der Waals surface area contributed by atoms with Gasteiger partial charge in [0, 0.05) is 26.3 Å². The lowest BCUT2D eigenvalue weighted by Crippen LogP contribution is -2.22. The van der Waals surface area contributed by atoms with E-state index in [0.29, 0.717) is 10.0 Å². The second-order valence-corrected chi connectivity index (χ2v) is 9.29. The van der Waals surface area contributed by atoms with E-state index in [1.807, 2.05) is 36.4 Å². The summed E-state index contributed by atoms with van der Waals surface area (Å²) in [5, 5.41) is 1.23. The number of hydrogen-bond donors (Lipinski definition) is 1. The summed E-state index contributed by atoms with van der Waals surface area (Å²) < 4.78 is 27.5. The second-order valence-electron chi connectivity index (χ2n) is 5.51. The molecule has 7 heteroatoms. The SMILES string of the molecule is Cc1cc(S(=O)(=O)NCc2ccc(-c3ccc(Cl)cc3)s2)ccc1Cl. The Kier molecular flexibility index (Phi) is 5.51. The highest BCUT2D eigenvalue weighted by molar-refractivity contribution is 7.89. The van der Waals surface area contributed by atoms with Gasteiger partial charge in [0.05, 0.1) is 4.90 Å². The van der Waals surface area contributed by atoms with Crippen molar-refractivity contribution in [3.63, 3.8) is 0 Å². The van der Waals surface area contributed by atoms with Crippen LogP contribution in [0.15, 0.2) is 59.5 Å². The number of thiophene rings is 1. The molecule has 0 bridgehead atoms. The van der Waals surface area contributed by atoms with Gasteiger partial charge < -0.3 is 0 Å². The Morgan fingerprint density at radius 3 is 2.40 bits per heavy atom. The summed E-state index contributed by atoms with van der Waals surface area (Å²) >= 11 is 13.4. The van der Waals surface area contributed by atoms with Crippen molar-refractivity contribution in [2.24, 2.45) is 0 Å². The molecule has 0 aliphatic rings. The van der Waals surface area contributed by atoms with Crippen LogP contribution in [-0.2, 0) is 16.6 Å². The number of aryl methyl sites for hydroxylation is 1. The Bertz CT molecular complexity index is 996. The highest BCUT2D eigenvalue weighted by Crippen LogP contribution is 2.29. The third kappa shape index (κ3) is 4.43. The van der Waals surface area contributed by atoms with Gasteiger partial charge >= 0.3 is 0 Å². The smallest absolute Gasteiger partial charge is 0.207 e. The van der Waals surface area contributed by atoms with E-state index in [9.17, 15) is 8.42 Å². The molecular formula is C18H15Cl2NO2S2. The maximum Gasteiger partial charge on any atom is 0.240 e. The molecule has 0 aliphatic carbocycles. The van der Waals surface area contributed by atoms with Crippen molar-refractivity contribution in [1.29, 1.82) is 0 Å². The fourth-order valence-electron chi connectivity index (χ4n) is 2.28. The van der Waals surface area contributed by atoms with Gasteiger partial charge in [-0.2, -0.15) is 0 Å². The van der Waals surface area contributed by atoms with Crippen LogP contribution < -0.4 is 4.72 Å². The minimum atomic E-state index is -3.58. The van der Waals surface area contributed by atoms with Crippen LogP contribution in [0.4, 0.5) is 0 Å². The number of sulfonamides is 1. The predicted molar refractivity (Wildman–Crippen MR) is 105 cm³/mol. The third-order valence-electron chi connectivity index (χ3n) is 3.67. The van der Waals surface area contributed by atoms with Crippen LogP contribution in [0, 0.1) is 6.92 Å². The van der Waals surface area contributed by atoms with E-state index in [1.54, 1.807) is 30.4 Å². The molecule has 3 rings (SSSR count). The zero-order valence-corrected chi connectivity index (χ0v) is 16.4. The zero-order valence-electron chi connectivity index (χ0n) is 13.3. The van der Waals surface area contributed by atoms with Gasteiger partial charge in [0.25, 0.3) is 0 Å². The van der Waals surface area contributed by atoms with Crippen molar-refractivity contribution in [3.8, 4) is 10.4 Å². The van der Waals surface area contributed by atoms with E-state index in [-0.39, 0.29) is 11.4 Å². The van der Waals surface area contributed by atoms with Crippen molar-refractivity contribution < 1.29 is 8.42 Å². The molecule has 0 saturated carbocycles. The van der Waals surface area contributed by atoms with Crippen molar-refractivity contribution >= 4 is 44.6 Å². The molecule has 0 atom stereocenters. The molecule has 0 aliphatic heterocycles. The standard InChI is InChI=1S/C18H15Cl2NO2S2/c1-12-10-16(7-8-17(12)20)25(22,23)21-11-15-6-9-18(24-15)13-2-4-14(19)5-3-13/h2-10,21H,11H2,1H3. The molecule has 0 spiro atoms. The maximum absolute atomic E-state index is 12.4. The van der Waals surface area contributed by atoms with Gasteiger partial charge in [0.2, 0.25) is 10.0 Å². The van der Waals surface area contributed by atoms with Gasteiger partial charge in [-0.1, -0.05) is 35.3 Å². The quantitative estimate of drug-likeness (QED) is 0.601. The van der Waals surface area contributed by atoms with Crippen molar-refractivity contribution in [3.05, 3.63) is 75.1 Å². The molecule has 2 aromatic carbocycles. The summed E-state index contributed by atoms with van der Waals surface area (Å²) in [7, 11) is -3.58. The van der Waals surface area contributed by atoms with Crippen LogP contribution in [0.5, 0.6) is 0 Å². The lowest BCUT2D eigenvalue weighted by atomic mass is 10.2. The fourth-order valence-corrected chi connectivity index (χ4v) is 4.66. The van der Waals surface area contributed by atoms with Crippen LogP contribution in [0.3, 0.4) is 0 Å². The Morgan fingerprint density at radius 1 is 1.00 bits per heavy atom. The average Bonchev–Trinajstić information content (AvgIpc) is 3.05. The van der Waals surface area contributed by atoms with E-state index in [0.717, 1.165) is 20.9 Å². The first-order chi connectivity index (χ1) is 11.8. The lowest BCUT2D eigenvalue weighted by Gasteiger charge is -2.07. The normalized spacial score (nSPS) is 11.6. The highest BCUT2D eigenvalue weighted by Gasteiger charge is 2.15. The van der Waals surface area contributed by atoms with Crippen LogP contribution in [-0.4, -0.2) is 8.42 Å². The van der Waals surface area contributed by atoms with E-state index >= 15 is 0 Å². The van der Waals surface area contributed by atoms with Crippen LogP contribution in [0.1, 0.15) is 10.4 Å². The summed E-state index contributed by atoms with van der Waals surface area (Å²) in [5.41, 5.74) is 1.78. The van der Waals surface area contributed by atoms with Crippen LogP contribution in [0.2, 0.25) is 10.0 Å². The molecule has 130 valence electrons. The van der Waals surface area contributed by atoms with Gasteiger partial charge in [-0.05, 0) is 60.5 Å². The number of benzene rings is 2. The first-order valence-electron chi connectivity index (χ1n) is 7.45. The van der Waals surface area contributed by atoms with Crippen molar-refractivity contribution in [2.75, 3.05) is 0 Å². The zero-order chi connectivity index (χ0) is 18.0. The lowest BCUT2D eigenvalue weighted by molar-refractivity contribution is 0.581. The number of rotatable bonds is 5. The first-order valence-corrected chi connectivity index (χ1v) is 10.5.